The second kappa shape index (κ2) is 8.84. The molecule has 1 aliphatic rings. The SMILES string of the molecule is CCSCCNC(=O)c1cccc(S(=O)(=O)N2CCC[C@@H](O)C2)c1. The molecule has 1 heterocycles. The van der Waals surface area contributed by atoms with Gasteiger partial charge in [0.15, 0.2) is 0 Å². The average molecular weight is 373 g/mol. The summed E-state index contributed by atoms with van der Waals surface area (Å²) in [5.41, 5.74) is 0.329. The number of aliphatic hydroxyl groups excluding tert-OH is 1. The molecule has 2 rings (SSSR count). The Labute approximate surface area is 147 Å². The van der Waals surface area contributed by atoms with Gasteiger partial charge in [0.2, 0.25) is 10.0 Å². The molecule has 0 aliphatic carbocycles. The molecular weight excluding hydrogens is 348 g/mol. The summed E-state index contributed by atoms with van der Waals surface area (Å²) in [4.78, 5) is 12.2. The van der Waals surface area contributed by atoms with Crippen LogP contribution in [-0.2, 0) is 10.0 Å². The van der Waals surface area contributed by atoms with Crippen molar-refractivity contribution in [2.24, 2.45) is 0 Å². The summed E-state index contributed by atoms with van der Waals surface area (Å²) in [6, 6.07) is 6.06. The monoisotopic (exact) mass is 372 g/mol. The van der Waals surface area contributed by atoms with E-state index >= 15 is 0 Å². The molecule has 134 valence electrons. The number of nitrogens with one attached hydrogen (secondary N) is 1. The third kappa shape index (κ3) is 4.95. The van der Waals surface area contributed by atoms with E-state index in [9.17, 15) is 18.3 Å². The minimum atomic E-state index is -3.69. The zero-order valence-corrected chi connectivity index (χ0v) is 15.4. The number of hydrogen-bond donors (Lipinski definition) is 2. The van der Waals surface area contributed by atoms with E-state index in [1.807, 2.05) is 0 Å². The number of piperidine rings is 1. The predicted octanol–water partition coefficient (Wildman–Crippen LogP) is 1.31. The maximum absolute atomic E-state index is 12.7. The number of carbonyl (C=O) groups is 1. The molecule has 1 amide bonds. The van der Waals surface area contributed by atoms with Crippen LogP contribution in [0.4, 0.5) is 0 Å². The van der Waals surface area contributed by atoms with Crippen LogP contribution in [0, 0.1) is 0 Å². The molecule has 8 heteroatoms. The molecule has 1 atom stereocenters. The Kier molecular flexibility index (Phi) is 7.09. The van der Waals surface area contributed by atoms with Crippen molar-refractivity contribution in [2.75, 3.05) is 31.1 Å². The van der Waals surface area contributed by atoms with Crippen LogP contribution >= 0.6 is 11.8 Å². The second-order valence-electron chi connectivity index (χ2n) is 5.64. The summed E-state index contributed by atoms with van der Waals surface area (Å²) in [5, 5.41) is 12.5. The van der Waals surface area contributed by atoms with Gasteiger partial charge >= 0.3 is 0 Å². The van der Waals surface area contributed by atoms with Gasteiger partial charge in [0.1, 0.15) is 0 Å². The first-order valence-electron chi connectivity index (χ1n) is 8.09. The topological polar surface area (TPSA) is 86.7 Å². The van der Waals surface area contributed by atoms with Gasteiger partial charge in [-0.2, -0.15) is 16.1 Å². The number of amides is 1. The Balaban J connectivity index is 2.10. The van der Waals surface area contributed by atoms with E-state index in [1.165, 1.54) is 16.4 Å². The molecule has 0 unspecified atom stereocenters. The number of aliphatic hydroxyl groups is 1. The van der Waals surface area contributed by atoms with Gasteiger partial charge in [-0.05, 0) is 36.8 Å². The summed E-state index contributed by atoms with van der Waals surface area (Å²) in [5.74, 6) is 1.54. The van der Waals surface area contributed by atoms with Crippen LogP contribution in [0.5, 0.6) is 0 Å². The highest BCUT2D eigenvalue weighted by Gasteiger charge is 2.29. The molecular formula is C16H24N2O4S2. The molecule has 1 saturated heterocycles. The molecule has 1 aliphatic heterocycles. The zero-order valence-electron chi connectivity index (χ0n) is 13.8. The van der Waals surface area contributed by atoms with Crippen molar-refractivity contribution in [3.63, 3.8) is 0 Å². The molecule has 2 N–H and O–H groups in total. The van der Waals surface area contributed by atoms with E-state index in [-0.39, 0.29) is 17.3 Å². The first kappa shape index (κ1) is 19.2. The highest BCUT2D eigenvalue weighted by Crippen LogP contribution is 2.21. The van der Waals surface area contributed by atoms with Crippen LogP contribution in [0.25, 0.3) is 0 Å². The van der Waals surface area contributed by atoms with Crippen LogP contribution in [0.2, 0.25) is 0 Å². The van der Waals surface area contributed by atoms with Gasteiger partial charge in [-0.15, -0.1) is 0 Å². The van der Waals surface area contributed by atoms with Crippen molar-refractivity contribution in [1.29, 1.82) is 0 Å². The molecule has 6 nitrogen and oxygen atoms in total. The van der Waals surface area contributed by atoms with E-state index in [4.69, 9.17) is 0 Å². The fourth-order valence-electron chi connectivity index (χ4n) is 2.57. The number of hydrogen-bond acceptors (Lipinski definition) is 5. The molecule has 1 aromatic rings. The van der Waals surface area contributed by atoms with E-state index in [1.54, 1.807) is 23.9 Å². The minimum Gasteiger partial charge on any atom is -0.392 e. The number of thioether (sulfide) groups is 1. The van der Waals surface area contributed by atoms with Gasteiger partial charge in [-0.1, -0.05) is 13.0 Å². The lowest BCUT2D eigenvalue weighted by Gasteiger charge is -2.29. The molecule has 0 saturated carbocycles. The summed E-state index contributed by atoms with van der Waals surface area (Å²) in [6.45, 7) is 3.10. The highest BCUT2D eigenvalue weighted by molar-refractivity contribution is 7.99. The van der Waals surface area contributed by atoms with E-state index in [0.29, 0.717) is 31.5 Å². The lowest BCUT2D eigenvalue weighted by molar-refractivity contribution is 0.0955. The minimum absolute atomic E-state index is 0.0900. The Morgan fingerprint density at radius 3 is 2.96 bits per heavy atom. The number of rotatable bonds is 7. The fraction of sp³-hybridized carbons (Fsp3) is 0.562. The van der Waals surface area contributed by atoms with E-state index in [2.05, 4.69) is 12.2 Å². The number of β-amino-alcohol motifs (C(OH)–C–C–N with tert-alkyl or cyclic N) is 1. The second-order valence-corrected chi connectivity index (χ2v) is 8.97. The highest BCUT2D eigenvalue weighted by atomic mass is 32.2. The first-order chi connectivity index (χ1) is 11.4. The summed E-state index contributed by atoms with van der Waals surface area (Å²) < 4.78 is 26.7. The summed E-state index contributed by atoms with van der Waals surface area (Å²) >= 11 is 1.73. The Bertz CT molecular complexity index is 664. The predicted molar refractivity (Wildman–Crippen MR) is 95.8 cm³/mol. The maximum atomic E-state index is 12.7. The molecule has 0 aromatic heterocycles. The van der Waals surface area contributed by atoms with Crippen molar-refractivity contribution in [1.82, 2.24) is 9.62 Å². The number of carbonyl (C=O) groups excluding carboxylic acids is 1. The quantitative estimate of drug-likeness (QED) is 0.705. The Morgan fingerprint density at radius 2 is 2.25 bits per heavy atom. The maximum Gasteiger partial charge on any atom is 0.251 e. The van der Waals surface area contributed by atoms with Crippen LogP contribution < -0.4 is 5.32 Å². The van der Waals surface area contributed by atoms with Gasteiger partial charge in [0, 0.05) is 31.0 Å². The average Bonchev–Trinajstić information content (AvgIpc) is 2.58. The molecule has 0 bridgehead atoms. The summed E-state index contributed by atoms with van der Waals surface area (Å²) in [6.07, 6.45) is 0.621. The summed E-state index contributed by atoms with van der Waals surface area (Å²) in [7, 11) is -3.69. The molecule has 1 fully saturated rings. The van der Waals surface area contributed by atoms with Crippen LogP contribution in [0.1, 0.15) is 30.1 Å². The van der Waals surface area contributed by atoms with Gasteiger partial charge in [0.25, 0.3) is 5.91 Å². The normalized spacial score (nSPS) is 19.2. The lowest BCUT2D eigenvalue weighted by Crippen LogP contribution is -2.42. The van der Waals surface area contributed by atoms with Crippen molar-refractivity contribution < 1.29 is 18.3 Å². The number of benzene rings is 1. The molecule has 1 aromatic carbocycles. The van der Waals surface area contributed by atoms with E-state index < -0.39 is 16.1 Å². The zero-order chi connectivity index (χ0) is 17.6. The van der Waals surface area contributed by atoms with Crippen molar-refractivity contribution in [2.45, 2.75) is 30.8 Å². The number of sulfonamides is 1. The molecule has 24 heavy (non-hydrogen) atoms. The van der Waals surface area contributed by atoms with Crippen LogP contribution in [0.15, 0.2) is 29.2 Å². The standard InChI is InChI=1S/C16H24N2O4S2/c1-2-23-10-8-17-16(20)13-5-3-7-15(11-13)24(21,22)18-9-4-6-14(19)12-18/h3,5,7,11,14,19H,2,4,6,8-10,12H2,1H3,(H,17,20)/t14-/m1/s1. The van der Waals surface area contributed by atoms with Gasteiger partial charge in [-0.25, -0.2) is 8.42 Å². The van der Waals surface area contributed by atoms with Crippen LogP contribution in [-0.4, -0.2) is 61.0 Å². The van der Waals surface area contributed by atoms with Crippen molar-refractivity contribution >= 4 is 27.7 Å². The van der Waals surface area contributed by atoms with Gasteiger partial charge < -0.3 is 10.4 Å². The van der Waals surface area contributed by atoms with Crippen LogP contribution in [0.3, 0.4) is 0 Å². The van der Waals surface area contributed by atoms with Crippen molar-refractivity contribution in [3.05, 3.63) is 29.8 Å². The van der Waals surface area contributed by atoms with E-state index in [0.717, 1.165) is 11.5 Å². The largest absolute Gasteiger partial charge is 0.392 e. The van der Waals surface area contributed by atoms with Crippen molar-refractivity contribution in [3.8, 4) is 0 Å². The van der Waals surface area contributed by atoms with Gasteiger partial charge in [-0.3, -0.25) is 4.79 Å². The smallest absolute Gasteiger partial charge is 0.251 e. The molecule has 0 radical (unpaired) electrons. The fourth-order valence-corrected chi connectivity index (χ4v) is 4.67. The third-order valence-corrected chi connectivity index (χ3v) is 6.59. The molecule has 0 spiro atoms. The Morgan fingerprint density at radius 1 is 1.46 bits per heavy atom. The number of nitrogens with zero attached hydrogens (tertiary/aromatic N) is 1. The Hall–Kier alpha value is -1.09. The lowest BCUT2D eigenvalue weighted by atomic mass is 10.1. The first-order valence-corrected chi connectivity index (χ1v) is 10.7. The van der Waals surface area contributed by atoms with Gasteiger partial charge in [0.05, 0.1) is 11.0 Å². The third-order valence-electron chi connectivity index (χ3n) is 3.83.